The molecule has 2 atom stereocenters. The SMILES string of the molecule is CC(=O)OC(Cl)(Cl)Cl.NC(CC(=O)OCc1ccccc1)C(=O)O.O=C(CC1NC(=O)OC1=O)OCc1ccccc1. The number of carbonyl (C=O) groups is 6. The number of hydrogen-bond acceptors (Lipinski definition) is 11. The van der Waals surface area contributed by atoms with Crippen LogP contribution in [0.5, 0.6) is 0 Å². The number of nitrogens with one attached hydrogen (secondary N) is 1. The molecule has 13 nitrogen and oxygen atoms in total. The number of halogens is 3. The average molecular weight is 650 g/mol. The second-order valence-electron chi connectivity index (χ2n) is 8.09. The van der Waals surface area contributed by atoms with Gasteiger partial charge in [0, 0.05) is 6.92 Å². The summed E-state index contributed by atoms with van der Waals surface area (Å²) >= 11 is 15.0. The molecule has 2 aromatic rings. The number of nitrogens with two attached hydrogens (primary N) is 1. The largest absolute Gasteiger partial charge is 0.480 e. The molecule has 1 aliphatic rings. The van der Waals surface area contributed by atoms with Crippen LogP contribution in [0.4, 0.5) is 4.79 Å². The average Bonchev–Trinajstić information content (AvgIpc) is 3.22. The number of carboxylic acids is 1. The van der Waals surface area contributed by atoms with Crippen LogP contribution in [0, 0.1) is 0 Å². The van der Waals surface area contributed by atoms with E-state index >= 15 is 0 Å². The molecule has 1 heterocycles. The van der Waals surface area contributed by atoms with Gasteiger partial charge in [0.15, 0.2) is 0 Å². The molecular weight excluding hydrogens is 623 g/mol. The minimum atomic E-state index is -1.91. The van der Waals surface area contributed by atoms with Gasteiger partial charge in [0.1, 0.15) is 25.3 Å². The van der Waals surface area contributed by atoms with E-state index < -0.39 is 52.0 Å². The Morgan fingerprint density at radius 3 is 1.76 bits per heavy atom. The molecule has 2 aromatic carbocycles. The Kier molecular flexibility index (Phi) is 15.9. The van der Waals surface area contributed by atoms with Gasteiger partial charge < -0.3 is 35.1 Å². The monoisotopic (exact) mass is 648 g/mol. The van der Waals surface area contributed by atoms with Crippen molar-refractivity contribution in [3.05, 3.63) is 71.8 Å². The van der Waals surface area contributed by atoms with E-state index in [1.54, 1.807) is 0 Å². The number of carbonyl (C=O) groups excluding carboxylic acids is 5. The number of rotatable bonds is 9. The minimum absolute atomic E-state index is 0.131. The highest BCUT2D eigenvalue weighted by Crippen LogP contribution is 2.27. The van der Waals surface area contributed by atoms with Gasteiger partial charge in [0.05, 0.1) is 12.8 Å². The maximum atomic E-state index is 11.4. The summed E-state index contributed by atoms with van der Waals surface area (Å²) in [4.78, 5) is 64.8. The van der Waals surface area contributed by atoms with Gasteiger partial charge >= 0.3 is 39.9 Å². The summed E-state index contributed by atoms with van der Waals surface area (Å²) in [5, 5.41) is 10.7. The van der Waals surface area contributed by atoms with E-state index in [2.05, 4.69) is 14.8 Å². The Hall–Kier alpha value is -3.91. The molecule has 1 amide bonds. The molecule has 0 radical (unpaired) electrons. The summed E-state index contributed by atoms with van der Waals surface area (Å²) in [6.45, 7) is 1.42. The summed E-state index contributed by atoms with van der Waals surface area (Å²) in [6.07, 6.45) is -1.37. The lowest BCUT2D eigenvalue weighted by molar-refractivity contribution is -0.149. The standard InChI is InChI=1S/C12H11NO5.C11H13NO4.C3H3Cl3O2/c14-10(6-9-11(15)18-12(16)13-9)17-7-8-4-2-1-3-5-8;12-9(11(14)15)6-10(13)16-7-8-4-2-1-3-5-8;1-2(7)8-3(4,5)6/h1-5,9H,6-7H2,(H,13,16);1-5,9H,6-7,12H2,(H,14,15);1H3. The molecule has 228 valence electrons. The smallest absolute Gasteiger partial charge is 0.415 e. The zero-order valence-corrected chi connectivity index (χ0v) is 24.3. The zero-order valence-electron chi connectivity index (χ0n) is 22.0. The Balaban J connectivity index is 0.000000339. The predicted octanol–water partition coefficient (Wildman–Crippen LogP) is 3.16. The number of carboxylic acid groups (broad SMARTS) is 1. The van der Waals surface area contributed by atoms with Gasteiger partial charge in [0.25, 0.3) is 0 Å². The number of ether oxygens (including phenoxy) is 4. The molecule has 1 aliphatic heterocycles. The summed E-state index contributed by atoms with van der Waals surface area (Å²) in [6, 6.07) is 16.1. The molecule has 4 N–H and O–H groups in total. The molecule has 0 spiro atoms. The Morgan fingerprint density at radius 2 is 1.40 bits per heavy atom. The fraction of sp³-hybridized carbons (Fsp3) is 0.308. The Labute approximate surface area is 255 Å². The van der Waals surface area contributed by atoms with Crippen LogP contribution < -0.4 is 11.1 Å². The van der Waals surface area contributed by atoms with E-state index in [1.165, 1.54) is 0 Å². The lowest BCUT2D eigenvalue weighted by Crippen LogP contribution is -2.33. The fourth-order valence-electron chi connectivity index (χ4n) is 2.72. The number of alkyl halides is 3. The van der Waals surface area contributed by atoms with Crippen molar-refractivity contribution in [2.75, 3.05) is 0 Å². The quantitative estimate of drug-likeness (QED) is 0.155. The molecule has 42 heavy (non-hydrogen) atoms. The normalized spacial score (nSPS) is 14.4. The van der Waals surface area contributed by atoms with Gasteiger partial charge in [-0.3, -0.25) is 19.2 Å². The van der Waals surface area contributed by atoms with Crippen molar-refractivity contribution in [1.82, 2.24) is 5.32 Å². The third-order valence-corrected chi connectivity index (χ3v) is 4.82. The highest BCUT2D eigenvalue weighted by Gasteiger charge is 2.34. The van der Waals surface area contributed by atoms with E-state index in [0.29, 0.717) is 0 Å². The van der Waals surface area contributed by atoms with Crippen LogP contribution in [-0.2, 0) is 56.1 Å². The maximum absolute atomic E-state index is 11.4. The first kappa shape index (κ1) is 36.1. The first-order valence-corrected chi connectivity index (χ1v) is 13.0. The van der Waals surface area contributed by atoms with Gasteiger partial charge in [-0.15, -0.1) is 0 Å². The van der Waals surface area contributed by atoms with E-state index in [0.717, 1.165) is 18.1 Å². The van der Waals surface area contributed by atoms with Crippen LogP contribution in [0.3, 0.4) is 0 Å². The van der Waals surface area contributed by atoms with Gasteiger partial charge in [-0.25, -0.2) is 9.59 Å². The number of aliphatic carboxylic acids is 1. The number of hydrogen-bond donors (Lipinski definition) is 3. The first-order valence-electron chi connectivity index (χ1n) is 11.8. The summed E-state index contributed by atoms with van der Waals surface area (Å²) in [5.74, 6) is -3.76. The number of esters is 4. The summed E-state index contributed by atoms with van der Waals surface area (Å²) in [7, 11) is 0. The number of amides is 1. The lowest BCUT2D eigenvalue weighted by Gasteiger charge is -2.08. The van der Waals surface area contributed by atoms with Crippen molar-refractivity contribution in [3.63, 3.8) is 0 Å². The maximum Gasteiger partial charge on any atom is 0.415 e. The molecule has 0 aliphatic carbocycles. The second-order valence-corrected chi connectivity index (χ2v) is 10.3. The van der Waals surface area contributed by atoms with Crippen LogP contribution in [0.15, 0.2) is 60.7 Å². The summed E-state index contributed by atoms with van der Waals surface area (Å²) in [5.41, 5.74) is 6.88. The van der Waals surface area contributed by atoms with E-state index in [-0.39, 0.29) is 26.1 Å². The van der Waals surface area contributed by atoms with Crippen molar-refractivity contribution in [2.45, 2.75) is 49.0 Å². The molecule has 0 bridgehead atoms. The van der Waals surface area contributed by atoms with Crippen molar-refractivity contribution in [3.8, 4) is 0 Å². The molecule has 2 unspecified atom stereocenters. The fourth-order valence-corrected chi connectivity index (χ4v) is 3.04. The van der Waals surface area contributed by atoms with Crippen molar-refractivity contribution in [1.29, 1.82) is 0 Å². The molecular formula is C26H27Cl3N2O11. The van der Waals surface area contributed by atoms with Crippen molar-refractivity contribution < 1.29 is 52.8 Å². The predicted molar refractivity (Wildman–Crippen MR) is 148 cm³/mol. The third-order valence-electron chi connectivity index (χ3n) is 4.59. The molecule has 0 saturated carbocycles. The van der Waals surface area contributed by atoms with Gasteiger partial charge in [0.2, 0.25) is 0 Å². The van der Waals surface area contributed by atoms with E-state index in [4.69, 9.17) is 55.1 Å². The van der Waals surface area contributed by atoms with Crippen LogP contribution in [-0.4, -0.2) is 57.1 Å². The highest BCUT2D eigenvalue weighted by molar-refractivity contribution is 6.66. The molecule has 0 aromatic heterocycles. The number of benzene rings is 2. The zero-order chi connectivity index (χ0) is 31.7. The topological polar surface area (TPSA) is 198 Å². The second kappa shape index (κ2) is 18.5. The molecule has 16 heteroatoms. The number of cyclic esters (lactones) is 2. The van der Waals surface area contributed by atoms with Gasteiger partial charge in [-0.1, -0.05) is 60.7 Å². The van der Waals surface area contributed by atoms with Crippen LogP contribution in [0.25, 0.3) is 0 Å². The Morgan fingerprint density at radius 1 is 0.929 bits per heavy atom. The van der Waals surface area contributed by atoms with Crippen molar-refractivity contribution >= 4 is 70.7 Å². The minimum Gasteiger partial charge on any atom is -0.480 e. The molecule has 3 rings (SSSR count). The van der Waals surface area contributed by atoms with Gasteiger partial charge in [-0.2, -0.15) is 0 Å². The molecule has 1 saturated heterocycles. The van der Waals surface area contributed by atoms with Crippen LogP contribution in [0.1, 0.15) is 30.9 Å². The van der Waals surface area contributed by atoms with E-state index in [9.17, 15) is 28.8 Å². The van der Waals surface area contributed by atoms with Crippen LogP contribution in [0.2, 0.25) is 0 Å². The number of alkyl carbamates (subject to hydrolysis) is 1. The highest BCUT2D eigenvalue weighted by atomic mass is 35.6. The van der Waals surface area contributed by atoms with E-state index in [1.807, 2.05) is 60.7 Å². The molecule has 1 fully saturated rings. The first-order chi connectivity index (χ1) is 19.7. The lowest BCUT2D eigenvalue weighted by atomic mass is 10.2. The summed E-state index contributed by atoms with van der Waals surface area (Å²) < 4.78 is 16.3. The van der Waals surface area contributed by atoms with Gasteiger partial charge in [-0.05, 0) is 45.9 Å². The van der Waals surface area contributed by atoms with Crippen LogP contribution >= 0.6 is 34.8 Å². The third kappa shape index (κ3) is 17.0. The van der Waals surface area contributed by atoms with Crippen molar-refractivity contribution in [2.24, 2.45) is 5.73 Å². The Bertz CT molecular complexity index is 1210.